The van der Waals surface area contributed by atoms with Crippen LogP contribution in [0.15, 0.2) is 6.07 Å². The van der Waals surface area contributed by atoms with Crippen molar-refractivity contribution in [1.82, 2.24) is 0 Å². The van der Waals surface area contributed by atoms with Crippen LogP contribution in [0.3, 0.4) is 0 Å². The van der Waals surface area contributed by atoms with Gasteiger partial charge in [-0.05, 0) is 74.8 Å². The van der Waals surface area contributed by atoms with Crippen molar-refractivity contribution in [3.05, 3.63) is 28.3 Å². The zero-order valence-corrected chi connectivity index (χ0v) is 12.6. The molecule has 2 N–H and O–H groups in total. The standard InChI is InChI=1S/C16H27NO/c1-10(7-8-12(3)17)16-11(2)9-15(18-6)13(4)14(16)5/h9-10,12H,7-8,17H2,1-6H3. The van der Waals surface area contributed by atoms with E-state index in [0.29, 0.717) is 5.92 Å². The molecule has 0 aliphatic carbocycles. The first kappa shape index (κ1) is 15.0. The smallest absolute Gasteiger partial charge is 0.122 e. The molecule has 2 unspecified atom stereocenters. The van der Waals surface area contributed by atoms with Crippen LogP contribution in [0.4, 0.5) is 0 Å². The fourth-order valence-electron chi connectivity index (χ4n) is 2.69. The number of benzene rings is 1. The molecule has 0 aliphatic rings. The quantitative estimate of drug-likeness (QED) is 0.860. The summed E-state index contributed by atoms with van der Waals surface area (Å²) >= 11 is 0. The molecule has 1 rings (SSSR count). The predicted molar refractivity (Wildman–Crippen MR) is 78.5 cm³/mol. The van der Waals surface area contributed by atoms with Gasteiger partial charge in [0.2, 0.25) is 0 Å². The highest BCUT2D eigenvalue weighted by Gasteiger charge is 2.16. The molecule has 0 saturated heterocycles. The maximum Gasteiger partial charge on any atom is 0.122 e. The number of nitrogens with two attached hydrogens (primary N) is 1. The van der Waals surface area contributed by atoms with E-state index >= 15 is 0 Å². The van der Waals surface area contributed by atoms with Crippen LogP contribution in [0.5, 0.6) is 5.75 Å². The summed E-state index contributed by atoms with van der Waals surface area (Å²) in [6.45, 7) is 10.9. The van der Waals surface area contributed by atoms with Gasteiger partial charge in [0.05, 0.1) is 7.11 Å². The van der Waals surface area contributed by atoms with Crippen molar-refractivity contribution in [1.29, 1.82) is 0 Å². The molecule has 0 heterocycles. The molecule has 0 bridgehead atoms. The van der Waals surface area contributed by atoms with E-state index in [1.165, 1.54) is 22.3 Å². The summed E-state index contributed by atoms with van der Waals surface area (Å²) in [5.41, 5.74) is 11.3. The average Bonchev–Trinajstić information content (AvgIpc) is 2.31. The van der Waals surface area contributed by atoms with Crippen molar-refractivity contribution < 1.29 is 4.74 Å². The Morgan fingerprint density at radius 2 is 1.72 bits per heavy atom. The lowest BCUT2D eigenvalue weighted by molar-refractivity contribution is 0.410. The van der Waals surface area contributed by atoms with Gasteiger partial charge in [-0.2, -0.15) is 0 Å². The molecule has 0 radical (unpaired) electrons. The number of hydrogen-bond donors (Lipinski definition) is 1. The van der Waals surface area contributed by atoms with Crippen LogP contribution >= 0.6 is 0 Å². The van der Waals surface area contributed by atoms with Crippen LogP contribution in [-0.4, -0.2) is 13.2 Å². The number of ether oxygens (including phenoxy) is 1. The summed E-state index contributed by atoms with van der Waals surface area (Å²) in [6, 6.07) is 2.44. The van der Waals surface area contributed by atoms with Gasteiger partial charge in [0.25, 0.3) is 0 Å². The third kappa shape index (κ3) is 3.26. The second kappa shape index (κ2) is 6.24. The van der Waals surface area contributed by atoms with E-state index < -0.39 is 0 Å². The van der Waals surface area contributed by atoms with Gasteiger partial charge in [-0.25, -0.2) is 0 Å². The molecular formula is C16H27NO. The first-order valence-corrected chi connectivity index (χ1v) is 6.78. The van der Waals surface area contributed by atoms with E-state index in [1.807, 2.05) is 0 Å². The van der Waals surface area contributed by atoms with Crippen molar-refractivity contribution >= 4 is 0 Å². The highest BCUT2D eigenvalue weighted by atomic mass is 16.5. The molecule has 0 fully saturated rings. The van der Waals surface area contributed by atoms with Crippen LogP contribution < -0.4 is 10.5 Å². The number of methoxy groups -OCH3 is 1. The Hall–Kier alpha value is -1.02. The van der Waals surface area contributed by atoms with Crippen LogP contribution in [0.2, 0.25) is 0 Å². The van der Waals surface area contributed by atoms with E-state index in [1.54, 1.807) is 7.11 Å². The third-order valence-electron chi connectivity index (χ3n) is 3.88. The molecule has 1 aromatic rings. The van der Waals surface area contributed by atoms with E-state index in [9.17, 15) is 0 Å². The highest BCUT2D eigenvalue weighted by Crippen LogP contribution is 2.34. The summed E-state index contributed by atoms with van der Waals surface area (Å²) in [6.07, 6.45) is 2.22. The highest BCUT2D eigenvalue weighted by molar-refractivity contribution is 5.49. The molecular weight excluding hydrogens is 222 g/mol. The summed E-state index contributed by atoms with van der Waals surface area (Å²) in [4.78, 5) is 0. The van der Waals surface area contributed by atoms with Crippen molar-refractivity contribution in [2.75, 3.05) is 7.11 Å². The largest absolute Gasteiger partial charge is 0.496 e. The molecule has 0 amide bonds. The Kier molecular flexibility index (Phi) is 5.21. The maximum atomic E-state index is 5.85. The van der Waals surface area contributed by atoms with Gasteiger partial charge in [-0.3, -0.25) is 0 Å². The van der Waals surface area contributed by atoms with Crippen LogP contribution in [0, 0.1) is 20.8 Å². The van der Waals surface area contributed by atoms with Gasteiger partial charge in [-0.1, -0.05) is 6.92 Å². The van der Waals surface area contributed by atoms with E-state index in [4.69, 9.17) is 10.5 Å². The molecule has 2 nitrogen and oxygen atoms in total. The van der Waals surface area contributed by atoms with E-state index in [-0.39, 0.29) is 6.04 Å². The lowest BCUT2D eigenvalue weighted by Crippen LogP contribution is -2.16. The minimum absolute atomic E-state index is 0.285. The van der Waals surface area contributed by atoms with Crippen molar-refractivity contribution in [3.8, 4) is 5.75 Å². The molecule has 2 heteroatoms. The zero-order chi connectivity index (χ0) is 13.9. The van der Waals surface area contributed by atoms with Crippen molar-refractivity contribution in [2.45, 2.75) is 59.4 Å². The normalized spacial score (nSPS) is 14.4. The third-order valence-corrected chi connectivity index (χ3v) is 3.88. The monoisotopic (exact) mass is 249 g/mol. The van der Waals surface area contributed by atoms with E-state index in [2.05, 4.69) is 40.7 Å². The molecule has 0 spiro atoms. The number of rotatable bonds is 5. The molecule has 18 heavy (non-hydrogen) atoms. The van der Waals surface area contributed by atoms with Gasteiger partial charge in [0.1, 0.15) is 5.75 Å². The fourth-order valence-corrected chi connectivity index (χ4v) is 2.69. The fraction of sp³-hybridized carbons (Fsp3) is 0.625. The second-order valence-corrected chi connectivity index (χ2v) is 5.52. The SMILES string of the molecule is COc1cc(C)c(C(C)CCC(C)N)c(C)c1C. The first-order chi connectivity index (χ1) is 8.38. The maximum absolute atomic E-state index is 5.85. The minimum atomic E-state index is 0.285. The minimum Gasteiger partial charge on any atom is -0.496 e. The summed E-state index contributed by atoms with van der Waals surface area (Å²) < 4.78 is 5.42. The molecule has 0 saturated carbocycles. The summed E-state index contributed by atoms with van der Waals surface area (Å²) in [5.74, 6) is 1.55. The van der Waals surface area contributed by atoms with Crippen LogP contribution in [0.25, 0.3) is 0 Å². The Labute approximate surface area is 112 Å². The number of aryl methyl sites for hydroxylation is 1. The Morgan fingerprint density at radius 1 is 1.11 bits per heavy atom. The Bertz CT molecular complexity index is 410. The second-order valence-electron chi connectivity index (χ2n) is 5.52. The number of hydrogen-bond acceptors (Lipinski definition) is 2. The van der Waals surface area contributed by atoms with Gasteiger partial charge in [-0.15, -0.1) is 0 Å². The lowest BCUT2D eigenvalue weighted by atomic mass is 9.86. The van der Waals surface area contributed by atoms with Gasteiger partial charge >= 0.3 is 0 Å². The van der Waals surface area contributed by atoms with E-state index in [0.717, 1.165) is 18.6 Å². The average molecular weight is 249 g/mol. The first-order valence-electron chi connectivity index (χ1n) is 6.78. The molecule has 2 atom stereocenters. The van der Waals surface area contributed by atoms with Crippen LogP contribution in [0.1, 0.15) is 54.9 Å². The summed E-state index contributed by atoms with van der Waals surface area (Å²) in [7, 11) is 1.74. The van der Waals surface area contributed by atoms with Gasteiger partial charge in [0, 0.05) is 6.04 Å². The van der Waals surface area contributed by atoms with Crippen molar-refractivity contribution in [3.63, 3.8) is 0 Å². The van der Waals surface area contributed by atoms with Crippen LogP contribution in [-0.2, 0) is 0 Å². The topological polar surface area (TPSA) is 35.2 Å². The Morgan fingerprint density at radius 3 is 2.22 bits per heavy atom. The van der Waals surface area contributed by atoms with Crippen molar-refractivity contribution in [2.24, 2.45) is 5.73 Å². The molecule has 102 valence electrons. The molecule has 0 aromatic heterocycles. The molecule has 0 aliphatic heterocycles. The van der Waals surface area contributed by atoms with Gasteiger partial charge < -0.3 is 10.5 Å². The predicted octanol–water partition coefficient (Wildman–Crippen LogP) is 3.85. The Balaban J connectivity index is 3.05. The lowest BCUT2D eigenvalue weighted by Gasteiger charge is -2.21. The molecule has 1 aromatic carbocycles. The zero-order valence-electron chi connectivity index (χ0n) is 12.6. The van der Waals surface area contributed by atoms with Gasteiger partial charge in [0.15, 0.2) is 0 Å². The summed E-state index contributed by atoms with van der Waals surface area (Å²) in [5, 5.41) is 0.